The summed E-state index contributed by atoms with van der Waals surface area (Å²) in [4.78, 5) is 22.4. The van der Waals surface area contributed by atoms with Crippen molar-refractivity contribution in [3.05, 3.63) is 36.8 Å². The van der Waals surface area contributed by atoms with E-state index in [0.717, 1.165) is 0 Å². The van der Waals surface area contributed by atoms with Gasteiger partial charge in [-0.1, -0.05) is 6.07 Å². The first kappa shape index (κ1) is 19.1. The van der Waals surface area contributed by atoms with E-state index >= 15 is 0 Å². The smallest absolute Gasteiger partial charge is 0.406 e. The van der Waals surface area contributed by atoms with Crippen molar-refractivity contribution in [3.8, 4) is 17.6 Å². The van der Waals surface area contributed by atoms with Crippen LogP contribution in [0.15, 0.2) is 36.8 Å². The van der Waals surface area contributed by atoms with Crippen LogP contribution in [-0.2, 0) is 4.79 Å². The minimum Gasteiger partial charge on any atom is -0.406 e. The van der Waals surface area contributed by atoms with Gasteiger partial charge in [0.05, 0.1) is 18.4 Å². The van der Waals surface area contributed by atoms with Crippen molar-refractivity contribution in [2.75, 3.05) is 37.6 Å². The first-order valence-corrected chi connectivity index (χ1v) is 8.94. The molecular weight excluding hydrogens is 389 g/mol. The summed E-state index contributed by atoms with van der Waals surface area (Å²) in [5.74, 6) is -0.0739. The van der Waals surface area contributed by atoms with Crippen LogP contribution in [0.3, 0.4) is 0 Å². The van der Waals surface area contributed by atoms with Crippen molar-refractivity contribution in [1.29, 1.82) is 5.26 Å². The molecule has 1 aromatic heterocycles. The molecule has 8 nitrogen and oxygen atoms in total. The Kier molecular flexibility index (Phi) is 4.79. The maximum absolute atomic E-state index is 12.9. The molecule has 2 saturated heterocycles. The van der Waals surface area contributed by atoms with Crippen LogP contribution in [0.2, 0.25) is 0 Å². The summed E-state index contributed by atoms with van der Waals surface area (Å²) in [5, 5.41) is 9.11. The number of benzene rings is 1. The van der Waals surface area contributed by atoms with Gasteiger partial charge in [0.15, 0.2) is 12.0 Å². The summed E-state index contributed by atoms with van der Waals surface area (Å²) in [6, 6.07) is 5.09. The van der Waals surface area contributed by atoms with E-state index in [0.29, 0.717) is 44.2 Å². The lowest BCUT2D eigenvalue weighted by atomic mass is 10.1. The number of hydrogen-bond donors (Lipinski definition) is 0. The molecule has 2 fully saturated rings. The van der Waals surface area contributed by atoms with Gasteiger partial charge < -0.3 is 14.2 Å². The summed E-state index contributed by atoms with van der Waals surface area (Å²) in [6.07, 6.45) is 0.331. The molecule has 4 rings (SSSR count). The van der Waals surface area contributed by atoms with E-state index < -0.39 is 12.4 Å². The SMILES string of the molecule is N#CN1CCN2CCN(c3cn(-c4cccc(OC(F)(F)F)c4)cn3)C(=O)C2C1. The number of nitrogens with zero attached hydrogens (tertiary/aromatic N) is 6. The standard InChI is InChI=1S/C18H17F3N6O2/c19-18(20,21)29-14-3-1-2-13(8-14)26-10-16(23-12-26)27-7-6-25-5-4-24(11-22)9-15(25)17(27)28/h1-3,8,10,12,15H,4-7,9H2. The molecule has 11 heteroatoms. The number of halogens is 3. The number of hydrogen-bond acceptors (Lipinski definition) is 6. The Morgan fingerprint density at radius 3 is 2.76 bits per heavy atom. The third kappa shape index (κ3) is 3.97. The summed E-state index contributed by atoms with van der Waals surface area (Å²) in [5.41, 5.74) is 0.421. The molecule has 0 spiro atoms. The van der Waals surface area contributed by atoms with Gasteiger partial charge in [-0.05, 0) is 12.1 Å². The molecule has 152 valence electrons. The number of alkyl halides is 3. The first-order valence-electron chi connectivity index (χ1n) is 8.94. The van der Waals surface area contributed by atoms with Crippen LogP contribution >= 0.6 is 0 Å². The number of amides is 1. The zero-order chi connectivity index (χ0) is 20.6. The zero-order valence-corrected chi connectivity index (χ0v) is 15.2. The molecule has 1 amide bonds. The average molecular weight is 406 g/mol. The molecule has 3 heterocycles. The number of rotatable bonds is 3. The van der Waals surface area contributed by atoms with Crippen molar-refractivity contribution in [1.82, 2.24) is 19.4 Å². The number of aromatic nitrogens is 2. The predicted octanol–water partition coefficient (Wildman–Crippen LogP) is 1.58. The fourth-order valence-electron chi connectivity index (χ4n) is 3.59. The van der Waals surface area contributed by atoms with E-state index in [4.69, 9.17) is 5.26 Å². The number of nitriles is 1. The summed E-state index contributed by atoms with van der Waals surface area (Å²) < 4.78 is 42.8. The molecule has 0 bridgehead atoms. The predicted molar refractivity (Wildman–Crippen MR) is 95.1 cm³/mol. The first-order chi connectivity index (χ1) is 13.8. The summed E-state index contributed by atoms with van der Waals surface area (Å²) >= 11 is 0. The monoisotopic (exact) mass is 406 g/mol. The summed E-state index contributed by atoms with van der Waals surface area (Å²) in [6.45, 7) is 2.71. The second-order valence-electron chi connectivity index (χ2n) is 6.77. The van der Waals surface area contributed by atoms with E-state index in [9.17, 15) is 18.0 Å². The highest BCUT2D eigenvalue weighted by Gasteiger charge is 2.39. The lowest BCUT2D eigenvalue weighted by Gasteiger charge is -2.44. The minimum atomic E-state index is -4.78. The summed E-state index contributed by atoms with van der Waals surface area (Å²) in [7, 11) is 0. The number of fused-ring (bicyclic) bond motifs is 1. The Bertz CT molecular complexity index is 954. The largest absolute Gasteiger partial charge is 0.573 e. The van der Waals surface area contributed by atoms with Crippen LogP contribution in [0.25, 0.3) is 5.69 Å². The van der Waals surface area contributed by atoms with Gasteiger partial charge in [0.2, 0.25) is 5.91 Å². The third-order valence-corrected chi connectivity index (χ3v) is 4.99. The van der Waals surface area contributed by atoms with Crippen LogP contribution in [0.1, 0.15) is 0 Å². The number of ether oxygens (including phenoxy) is 1. The van der Waals surface area contributed by atoms with Crippen LogP contribution < -0.4 is 9.64 Å². The van der Waals surface area contributed by atoms with Gasteiger partial charge in [-0.25, -0.2) is 4.98 Å². The molecule has 2 aliphatic rings. The van der Waals surface area contributed by atoms with Gasteiger partial charge in [0.1, 0.15) is 18.1 Å². The maximum Gasteiger partial charge on any atom is 0.573 e. The molecule has 2 aliphatic heterocycles. The Morgan fingerprint density at radius 2 is 2.00 bits per heavy atom. The van der Waals surface area contributed by atoms with Crippen molar-refractivity contribution < 1.29 is 22.7 Å². The van der Waals surface area contributed by atoms with E-state index in [1.807, 2.05) is 0 Å². The number of imidazole rings is 1. The van der Waals surface area contributed by atoms with Gasteiger partial charge in [-0.15, -0.1) is 13.2 Å². The Balaban J connectivity index is 1.53. The molecule has 1 atom stereocenters. The third-order valence-electron chi connectivity index (χ3n) is 4.99. The van der Waals surface area contributed by atoms with Gasteiger partial charge >= 0.3 is 6.36 Å². The minimum absolute atomic E-state index is 0.143. The van der Waals surface area contributed by atoms with Crippen molar-refractivity contribution in [3.63, 3.8) is 0 Å². The quantitative estimate of drug-likeness (QED) is 0.721. The van der Waals surface area contributed by atoms with E-state index in [-0.39, 0.29) is 11.7 Å². The highest BCUT2D eigenvalue weighted by Crippen LogP contribution is 2.26. The van der Waals surface area contributed by atoms with Crippen molar-refractivity contribution in [2.45, 2.75) is 12.4 Å². The van der Waals surface area contributed by atoms with Gasteiger partial charge in [0.25, 0.3) is 0 Å². The lowest BCUT2D eigenvalue weighted by molar-refractivity contribution is -0.274. The number of piperazine rings is 2. The fourth-order valence-corrected chi connectivity index (χ4v) is 3.59. The van der Waals surface area contributed by atoms with Crippen LogP contribution in [-0.4, -0.2) is 70.4 Å². The van der Waals surface area contributed by atoms with Gasteiger partial charge in [-0.2, -0.15) is 5.26 Å². The van der Waals surface area contributed by atoms with E-state index in [1.165, 1.54) is 29.1 Å². The van der Waals surface area contributed by atoms with Crippen molar-refractivity contribution >= 4 is 11.7 Å². The molecule has 0 aliphatic carbocycles. The second kappa shape index (κ2) is 7.29. The molecular formula is C18H17F3N6O2. The highest BCUT2D eigenvalue weighted by atomic mass is 19.4. The van der Waals surface area contributed by atoms with Crippen LogP contribution in [0, 0.1) is 11.5 Å². The van der Waals surface area contributed by atoms with Gasteiger partial charge in [-0.3, -0.25) is 14.6 Å². The molecule has 2 aromatic rings. The Hall–Kier alpha value is -3.26. The van der Waals surface area contributed by atoms with Crippen molar-refractivity contribution in [2.24, 2.45) is 0 Å². The molecule has 29 heavy (non-hydrogen) atoms. The second-order valence-corrected chi connectivity index (χ2v) is 6.77. The molecule has 0 radical (unpaired) electrons. The molecule has 0 saturated carbocycles. The van der Waals surface area contributed by atoms with E-state index in [2.05, 4.69) is 20.8 Å². The Labute approximate surface area is 164 Å². The average Bonchev–Trinajstić information content (AvgIpc) is 3.17. The zero-order valence-electron chi connectivity index (χ0n) is 15.2. The Morgan fingerprint density at radius 1 is 1.21 bits per heavy atom. The number of carbonyl (C=O) groups is 1. The fraction of sp³-hybridized carbons (Fsp3) is 0.389. The normalized spacial score (nSPS) is 20.3. The molecule has 0 N–H and O–H groups in total. The topological polar surface area (TPSA) is 77.6 Å². The van der Waals surface area contributed by atoms with Gasteiger partial charge in [0, 0.05) is 32.2 Å². The maximum atomic E-state index is 12.9. The van der Waals surface area contributed by atoms with E-state index in [1.54, 1.807) is 22.1 Å². The molecule has 1 aromatic carbocycles. The highest BCUT2D eigenvalue weighted by molar-refractivity contribution is 5.97. The van der Waals surface area contributed by atoms with Crippen LogP contribution in [0.5, 0.6) is 5.75 Å². The number of anilines is 1. The molecule has 1 unspecified atom stereocenters. The lowest BCUT2D eigenvalue weighted by Crippen LogP contribution is -2.64. The number of carbonyl (C=O) groups excluding carboxylic acids is 1. The van der Waals surface area contributed by atoms with Crippen LogP contribution in [0.4, 0.5) is 19.0 Å².